The van der Waals surface area contributed by atoms with Gasteiger partial charge in [0.05, 0.1) is 6.04 Å². The van der Waals surface area contributed by atoms with Crippen LogP contribution in [0.1, 0.15) is 61.4 Å². The smallest absolute Gasteiger partial charge is 0.255 e. The molecule has 0 atom stereocenters. The second kappa shape index (κ2) is 8.65. The van der Waals surface area contributed by atoms with Crippen LogP contribution in [-0.2, 0) is 6.61 Å². The Hall–Kier alpha value is -3.22. The van der Waals surface area contributed by atoms with Gasteiger partial charge in [0.2, 0.25) is 0 Å². The van der Waals surface area contributed by atoms with Crippen molar-refractivity contribution in [2.45, 2.75) is 46.3 Å². The molecule has 1 aromatic heterocycles. The molecule has 3 aromatic rings. The van der Waals surface area contributed by atoms with E-state index in [9.17, 15) is 4.79 Å². The Kier molecular flexibility index (Phi) is 6.03. The lowest BCUT2D eigenvalue weighted by atomic mass is 10.0. The number of carbonyl (C=O) groups excluding carboxylic acids is 1. The largest absolute Gasteiger partial charge is 0.486 e. The maximum Gasteiger partial charge on any atom is 0.255 e. The van der Waals surface area contributed by atoms with Gasteiger partial charge in [-0.25, -0.2) is 4.68 Å². The first-order chi connectivity index (χ1) is 13.4. The zero-order valence-corrected chi connectivity index (χ0v) is 16.6. The highest BCUT2D eigenvalue weighted by molar-refractivity contribution is 6.04. The van der Waals surface area contributed by atoms with Gasteiger partial charge in [-0.05, 0) is 66.1 Å². The number of amides is 1. The molecule has 0 fully saturated rings. The first kappa shape index (κ1) is 19.5. The predicted molar refractivity (Wildman–Crippen MR) is 107 cm³/mol. The van der Waals surface area contributed by atoms with E-state index in [1.54, 1.807) is 28.9 Å². The zero-order chi connectivity index (χ0) is 20.1. The summed E-state index contributed by atoms with van der Waals surface area (Å²) in [5, 5.41) is 14.5. The van der Waals surface area contributed by atoms with Crippen LogP contribution in [0.3, 0.4) is 0 Å². The number of nitrogens with zero attached hydrogens (tertiary/aromatic N) is 4. The van der Waals surface area contributed by atoms with Crippen LogP contribution in [-0.4, -0.2) is 26.1 Å². The lowest BCUT2D eigenvalue weighted by Gasteiger charge is -2.11. The highest BCUT2D eigenvalue weighted by Crippen LogP contribution is 2.19. The SMILES string of the molecule is CC(C)c1ccc(NC(=O)c2cccc(OCc3nnnn3C(C)C)c2)cc1. The molecule has 1 amide bonds. The summed E-state index contributed by atoms with van der Waals surface area (Å²) in [7, 11) is 0. The quantitative estimate of drug-likeness (QED) is 0.665. The molecule has 0 spiro atoms. The summed E-state index contributed by atoms with van der Waals surface area (Å²) in [6.07, 6.45) is 0. The molecule has 28 heavy (non-hydrogen) atoms. The molecule has 1 N–H and O–H groups in total. The van der Waals surface area contributed by atoms with Gasteiger partial charge in [-0.3, -0.25) is 4.79 Å². The van der Waals surface area contributed by atoms with Crippen molar-refractivity contribution in [3.63, 3.8) is 0 Å². The molecular weight excluding hydrogens is 354 g/mol. The molecule has 1 heterocycles. The van der Waals surface area contributed by atoms with Crippen LogP contribution in [0, 0.1) is 0 Å². The molecule has 0 bridgehead atoms. The number of ether oxygens (including phenoxy) is 1. The van der Waals surface area contributed by atoms with Crippen LogP contribution in [0.25, 0.3) is 0 Å². The van der Waals surface area contributed by atoms with Crippen molar-refractivity contribution in [1.29, 1.82) is 0 Å². The number of benzene rings is 2. The Morgan fingerprint density at radius 3 is 2.54 bits per heavy atom. The van der Waals surface area contributed by atoms with Crippen molar-refractivity contribution in [3.8, 4) is 5.75 Å². The molecule has 0 unspecified atom stereocenters. The predicted octanol–water partition coefficient (Wildman–Crippen LogP) is 4.21. The molecule has 0 saturated carbocycles. The van der Waals surface area contributed by atoms with E-state index in [4.69, 9.17) is 4.74 Å². The summed E-state index contributed by atoms with van der Waals surface area (Å²) < 4.78 is 7.49. The number of rotatable bonds is 7. The van der Waals surface area contributed by atoms with Crippen LogP contribution in [0.15, 0.2) is 48.5 Å². The van der Waals surface area contributed by atoms with Crippen molar-refractivity contribution < 1.29 is 9.53 Å². The van der Waals surface area contributed by atoms with E-state index in [0.717, 1.165) is 5.69 Å². The Labute approximate surface area is 164 Å². The van der Waals surface area contributed by atoms with Crippen LogP contribution >= 0.6 is 0 Å². The molecule has 7 heteroatoms. The topological polar surface area (TPSA) is 81.9 Å². The van der Waals surface area contributed by atoms with Gasteiger partial charge in [-0.2, -0.15) is 0 Å². The highest BCUT2D eigenvalue weighted by atomic mass is 16.5. The Balaban J connectivity index is 1.65. The fourth-order valence-corrected chi connectivity index (χ4v) is 2.74. The Morgan fingerprint density at radius 2 is 1.86 bits per heavy atom. The average Bonchev–Trinajstić information content (AvgIpc) is 3.16. The van der Waals surface area contributed by atoms with Gasteiger partial charge in [-0.15, -0.1) is 5.10 Å². The molecule has 3 rings (SSSR count). The highest BCUT2D eigenvalue weighted by Gasteiger charge is 2.11. The molecule has 146 valence electrons. The summed E-state index contributed by atoms with van der Waals surface area (Å²) in [6.45, 7) is 8.50. The summed E-state index contributed by atoms with van der Waals surface area (Å²) in [4.78, 5) is 12.6. The van der Waals surface area contributed by atoms with Crippen LogP contribution in [0.2, 0.25) is 0 Å². The second-order valence-corrected chi connectivity index (χ2v) is 7.18. The number of anilines is 1. The first-order valence-electron chi connectivity index (χ1n) is 9.35. The van der Waals surface area contributed by atoms with Crippen molar-refractivity contribution in [2.24, 2.45) is 0 Å². The van der Waals surface area contributed by atoms with Crippen molar-refractivity contribution >= 4 is 11.6 Å². The Bertz CT molecular complexity index is 932. The van der Waals surface area contributed by atoms with E-state index < -0.39 is 0 Å². The fourth-order valence-electron chi connectivity index (χ4n) is 2.74. The number of hydrogen-bond acceptors (Lipinski definition) is 5. The van der Waals surface area contributed by atoms with Gasteiger partial charge >= 0.3 is 0 Å². The molecule has 0 aliphatic rings. The fraction of sp³-hybridized carbons (Fsp3) is 0.333. The van der Waals surface area contributed by atoms with Crippen LogP contribution in [0.4, 0.5) is 5.69 Å². The maximum atomic E-state index is 12.6. The zero-order valence-electron chi connectivity index (χ0n) is 16.6. The van der Waals surface area contributed by atoms with E-state index >= 15 is 0 Å². The molecule has 2 aromatic carbocycles. The molecule has 0 aliphatic carbocycles. The van der Waals surface area contributed by atoms with Gasteiger partial charge in [0, 0.05) is 11.3 Å². The van der Waals surface area contributed by atoms with Crippen LogP contribution < -0.4 is 10.1 Å². The molecule has 7 nitrogen and oxygen atoms in total. The van der Waals surface area contributed by atoms with E-state index in [0.29, 0.717) is 23.1 Å². The molecule has 0 radical (unpaired) electrons. The van der Waals surface area contributed by atoms with E-state index in [1.807, 2.05) is 38.1 Å². The number of nitrogens with one attached hydrogen (secondary N) is 1. The lowest BCUT2D eigenvalue weighted by molar-refractivity contribution is 0.102. The summed E-state index contributed by atoms with van der Waals surface area (Å²) in [6, 6.07) is 15.1. The minimum absolute atomic E-state index is 0.146. The first-order valence-corrected chi connectivity index (χ1v) is 9.35. The van der Waals surface area contributed by atoms with Gasteiger partial charge in [0.15, 0.2) is 5.82 Å². The van der Waals surface area contributed by atoms with E-state index in [2.05, 4.69) is 34.7 Å². The number of aromatic nitrogens is 4. The minimum Gasteiger partial charge on any atom is -0.486 e. The van der Waals surface area contributed by atoms with Gasteiger partial charge in [0.1, 0.15) is 12.4 Å². The third kappa shape index (κ3) is 4.73. The van der Waals surface area contributed by atoms with Crippen LogP contribution in [0.5, 0.6) is 5.75 Å². The maximum absolute atomic E-state index is 12.6. The standard InChI is InChI=1S/C21H25N5O2/c1-14(2)16-8-10-18(11-9-16)22-21(27)17-6-5-7-19(12-17)28-13-20-23-24-25-26(20)15(3)4/h5-12,14-15H,13H2,1-4H3,(H,22,27). The lowest BCUT2D eigenvalue weighted by Crippen LogP contribution is -2.13. The van der Waals surface area contributed by atoms with Crippen molar-refractivity contribution in [1.82, 2.24) is 20.2 Å². The molecule has 0 saturated heterocycles. The third-order valence-electron chi connectivity index (χ3n) is 4.35. The molecular formula is C21H25N5O2. The van der Waals surface area contributed by atoms with Gasteiger partial charge in [-0.1, -0.05) is 32.0 Å². The van der Waals surface area contributed by atoms with E-state index in [-0.39, 0.29) is 18.6 Å². The monoisotopic (exact) mass is 379 g/mol. The normalized spacial score (nSPS) is 11.1. The second-order valence-electron chi connectivity index (χ2n) is 7.18. The molecule has 0 aliphatic heterocycles. The number of tetrazole rings is 1. The Morgan fingerprint density at radius 1 is 1.11 bits per heavy atom. The summed E-state index contributed by atoms with van der Waals surface area (Å²) in [5.41, 5.74) is 2.52. The average molecular weight is 379 g/mol. The van der Waals surface area contributed by atoms with E-state index in [1.165, 1.54) is 5.56 Å². The summed E-state index contributed by atoms with van der Waals surface area (Å²) >= 11 is 0. The summed E-state index contributed by atoms with van der Waals surface area (Å²) in [5.74, 6) is 1.49. The minimum atomic E-state index is -0.185. The van der Waals surface area contributed by atoms with Crippen molar-refractivity contribution in [3.05, 3.63) is 65.5 Å². The number of hydrogen-bond donors (Lipinski definition) is 1. The van der Waals surface area contributed by atoms with Crippen molar-refractivity contribution in [2.75, 3.05) is 5.32 Å². The van der Waals surface area contributed by atoms with Gasteiger partial charge in [0.25, 0.3) is 5.91 Å². The van der Waals surface area contributed by atoms with Gasteiger partial charge < -0.3 is 10.1 Å². The number of carbonyl (C=O) groups is 1. The third-order valence-corrected chi connectivity index (χ3v) is 4.35.